The molecule has 3 rings (SSSR count). The first-order chi connectivity index (χ1) is 16.4. The molecule has 1 amide bonds. The van der Waals surface area contributed by atoms with E-state index in [0.717, 1.165) is 41.0 Å². The van der Waals surface area contributed by atoms with Crippen LogP contribution in [0.3, 0.4) is 0 Å². The van der Waals surface area contributed by atoms with E-state index in [1.54, 1.807) is 6.07 Å². The van der Waals surface area contributed by atoms with Crippen LogP contribution in [0.4, 0.5) is 10.8 Å². The summed E-state index contributed by atoms with van der Waals surface area (Å²) in [6.07, 6.45) is 2.76. The number of nitrogens with one attached hydrogen (secondary N) is 3. The lowest BCUT2D eigenvalue weighted by atomic mass is 9.92. The molecule has 3 aromatic rings. The Kier molecular flexibility index (Phi) is 8.75. The predicted molar refractivity (Wildman–Crippen MR) is 136 cm³/mol. The van der Waals surface area contributed by atoms with E-state index in [9.17, 15) is 14.7 Å². The molecule has 0 saturated carbocycles. The van der Waals surface area contributed by atoms with E-state index in [1.165, 1.54) is 11.3 Å². The molecule has 0 bridgehead atoms. The second-order valence-corrected chi connectivity index (χ2v) is 8.97. The molecule has 1 unspecified atom stereocenters. The van der Waals surface area contributed by atoms with Crippen LogP contribution in [0.25, 0.3) is 10.4 Å². The van der Waals surface area contributed by atoms with E-state index in [0.29, 0.717) is 10.8 Å². The number of carbonyl (C=O) groups excluding carboxylic acids is 1. The number of rotatable bonds is 11. The number of aliphatic carboxylic acids is 1. The Morgan fingerprint density at radius 3 is 2.56 bits per heavy atom. The summed E-state index contributed by atoms with van der Waals surface area (Å²) in [5, 5.41) is 23.0. The van der Waals surface area contributed by atoms with Crippen molar-refractivity contribution in [3.05, 3.63) is 65.9 Å². The standard InChI is InChI=1S/C25H29N5O3S/c1-2-3-12-20-23(34-25(29-20)30-24(26)27)17-10-7-11-19(13-17)28-21(31)14-18(15-22(32)33)16-8-5-4-6-9-16/h4-11,13,18H,2-3,12,14-15H2,1H3,(H,28,31)(H,32,33)(H4,26,27,29,30). The number of amides is 1. The number of carboxylic acids is 1. The maximum absolute atomic E-state index is 12.8. The van der Waals surface area contributed by atoms with E-state index >= 15 is 0 Å². The van der Waals surface area contributed by atoms with Gasteiger partial charge in [0.15, 0.2) is 11.1 Å². The van der Waals surface area contributed by atoms with E-state index in [2.05, 4.69) is 22.5 Å². The molecule has 0 aliphatic rings. The molecule has 0 saturated heterocycles. The Morgan fingerprint density at radius 2 is 1.88 bits per heavy atom. The van der Waals surface area contributed by atoms with Gasteiger partial charge in [0.05, 0.1) is 17.0 Å². The number of unbranched alkanes of at least 4 members (excludes halogenated alkanes) is 1. The number of nitrogens with two attached hydrogens (primary N) is 1. The van der Waals surface area contributed by atoms with Crippen LogP contribution in [0, 0.1) is 5.41 Å². The van der Waals surface area contributed by atoms with Crippen molar-refractivity contribution in [1.82, 2.24) is 4.98 Å². The molecule has 0 fully saturated rings. The Hall–Kier alpha value is -3.72. The van der Waals surface area contributed by atoms with Crippen molar-refractivity contribution in [2.45, 2.75) is 44.9 Å². The molecule has 1 atom stereocenters. The van der Waals surface area contributed by atoms with Crippen molar-refractivity contribution in [2.24, 2.45) is 5.73 Å². The number of nitrogens with zero attached hydrogens (tertiary/aromatic N) is 1. The number of aryl methyl sites for hydroxylation is 1. The van der Waals surface area contributed by atoms with Gasteiger partial charge in [0, 0.05) is 18.0 Å². The average Bonchev–Trinajstić information content (AvgIpc) is 3.19. The van der Waals surface area contributed by atoms with Gasteiger partial charge in [-0.25, -0.2) is 4.98 Å². The monoisotopic (exact) mass is 479 g/mol. The third-order valence-electron chi connectivity index (χ3n) is 5.24. The highest BCUT2D eigenvalue weighted by Crippen LogP contribution is 2.35. The van der Waals surface area contributed by atoms with E-state index in [-0.39, 0.29) is 24.7 Å². The zero-order valence-corrected chi connectivity index (χ0v) is 19.8. The van der Waals surface area contributed by atoms with Crippen LogP contribution in [0.5, 0.6) is 0 Å². The number of carbonyl (C=O) groups is 2. The minimum atomic E-state index is -0.941. The summed E-state index contributed by atoms with van der Waals surface area (Å²) in [6.45, 7) is 2.12. The van der Waals surface area contributed by atoms with Crippen LogP contribution in [-0.4, -0.2) is 27.9 Å². The lowest BCUT2D eigenvalue weighted by Crippen LogP contribution is -2.20. The molecular formula is C25H29N5O3S. The highest BCUT2D eigenvalue weighted by Gasteiger charge is 2.20. The van der Waals surface area contributed by atoms with E-state index in [1.807, 2.05) is 48.5 Å². The van der Waals surface area contributed by atoms with Crippen molar-refractivity contribution in [2.75, 3.05) is 10.6 Å². The number of hydrogen-bond acceptors (Lipinski definition) is 5. The van der Waals surface area contributed by atoms with Gasteiger partial charge < -0.3 is 21.5 Å². The minimum absolute atomic E-state index is 0.0650. The van der Waals surface area contributed by atoms with Gasteiger partial charge in [0.1, 0.15) is 0 Å². The lowest BCUT2D eigenvalue weighted by molar-refractivity contribution is -0.137. The van der Waals surface area contributed by atoms with Crippen LogP contribution >= 0.6 is 11.3 Å². The molecule has 8 nitrogen and oxygen atoms in total. The van der Waals surface area contributed by atoms with Crippen LogP contribution in [0.1, 0.15) is 49.8 Å². The molecule has 0 aliphatic heterocycles. The SMILES string of the molecule is CCCCc1nc(NC(=N)N)sc1-c1cccc(NC(=O)CC(CC(=O)O)c2ccccc2)c1. The molecule has 0 spiro atoms. The molecule has 34 heavy (non-hydrogen) atoms. The zero-order chi connectivity index (χ0) is 24.5. The second kappa shape index (κ2) is 11.9. The van der Waals surface area contributed by atoms with Gasteiger partial charge in [0.25, 0.3) is 0 Å². The normalized spacial score (nSPS) is 11.6. The van der Waals surface area contributed by atoms with Crippen LogP contribution in [-0.2, 0) is 16.0 Å². The first kappa shape index (κ1) is 24.9. The van der Waals surface area contributed by atoms with Crippen molar-refractivity contribution in [3.8, 4) is 10.4 Å². The Balaban J connectivity index is 1.78. The second-order valence-electron chi connectivity index (χ2n) is 7.98. The lowest BCUT2D eigenvalue weighted by Gasteiger charge is -2.15. The fraction of sp³-hybridized carbons (Fsp3) is 0.280. The van der Waals surface area contributed by atoms with Crippen molar-refractivity contribution >= 4 is 40.0 Å². The fourth-order valence-corrected chi connectivity index (χ4v) is 4.70. The first-order valence-electron chi connectivity index (χ1n) is 11.1. The van der Waals surface area contributed by atoms with E-state index in [4.69, 9.17) is 11.1 Å². The largest absolute Gasteiger partial charge is 0.481 e. The highest BCUT2D eigenvalue weighted by atomic mass is 32.1. The number of thiazole rings is 1. The fourth-order valence-electron chi connectivity index (χ4n) is 3.68. The van der Waals surface area contributed by atoms with Gasteiger partial charge in [-0.15, -0.1) is 0 Å². The Morgan fingerprint density at radius 1 is 1.12 bits per heavy atom. The summed E-state index contributed by atoms with van der Waals surface area (Å²) in [4.78, 5) is 29.7. The first-order valence-corrected chi connectivity index (χ1v) is 11.9. The summed E-state index contributed by atoms with van der Waals surface area (Å²) < 4.78 is 0. The highest BCUT2D eigenvalue weighted by molar-refractivity contribution is 7.19. The zero-order valence-electron chi connectivity index (χ0n) is 19.0. The number of carboxylic acid groups (broad SMARTS) is 1. The molecule has 1 aromatic heterocycles. The molecule has 178 valence electrons. The Labute approximate surface area is 202 Å². The van der Waals surface area contributed by atoms with Crippen molar-refractivity contribution < 1.29 is 14.7 Å². The van der Waals surface area contributed by atoms with Crippen molar-refractivity contribution in [3.63, 3.8) is 0 Å². The summed E-state index contributed by atoms with van der Waals surface area (Å²) >= 11 is 1.41. The van der Waals surface area contributed by atoms with Gasteiger partial charge in [-0.1, -0.05) is 67.1 Å². The van der Waals surface area contributed by atoms with Crippen LogP contribution < -0.4 is 16.4 Å². The number of anilines is 2. The summed E-state index contributed by atoms with van der Waals surface area (Å²) in [6, 6.07) is 16.7. The maximum atomic E-state index is 12.8. The molecular weight excluding hydrogens is 450 g/mol. The smallest absolute Gasteiger partial charge is 0.303 e. The molecule has 2 aromatic carbocycles. The molecule has 6 N–H and O–H groups in total. The number of benzene rings is 2. The van der Waals surface area contributed by atoms with E-state index < -0.39 is 11.9 Å². The third kappa shape index (κ3) is 7.14. The summed E-state index contributed by atoms with van der Waals surface area (Å²) in [7, 11) is 0. The predicted octanol–water partition coefficient (Wildman–Crippen LogP) is 5.05. The number of aromatic nitrogens is 1. The topological polar surface area (TPSA) is 141 Å². The van der Waals surface area contributed by atoms with Crippen LogP contribution in [0.2, 0.25) is 0 Å². The molecule has 0 radical (unpaired) electrons. The number of hydrogen-bond donors (Lipinski definition) is 5. The van der Waals surface area contributed by atoms with Gasteiger partial charge >= 0.3 is 5.97 Å². The van der Waals surface area contributed by atoms with Gasteiger partial charge in [-0.2, -0.15) is 0 Å². The molecule has 1 heterocycles. The summed E-state index contributed by atoms with van der Waals surface area (Å²) in [5.41, 5.74) is 8.74. The van der Waals surface area contributed by atoms with Gasteiger partial charge in [-0.3, -0.25) is 15.0 Å². The third-order valence-corrected chi connectivity index (χ3v) is 6.30. The quantitative estimate of drug-likeness (QED) is 0.193. The average molecular weight is 480 g/mol. The number of guanidine groups is 1. The molecule has 0 aliphatic carbocycles. The molecule has 9 heteroatoms. The minimum Gasteiger partial charge on any atom is -0.481 e. The van der Waals surface area contributed by atoms with Gasteiger partial charge in [0.2, 0.25) is 5.91 Å². The maximum Gasteiger partial charge on any atom is 0.303 e. The summed E-state index contributed by atoms with van der Waals surface area (Å²) in [5.74, 6) is -1.77. The van der Waals surface area contributed by atoms with Crippen molar-refractivity contribution in [1.29, 1.82) is 5.41 Å². The van der Waals surface area contributed by atoms with Crippen LogP contribution in [0.15, 0.2) is 54.6 Å². The van der Waals surface area contributed by atoms with Gasteiger partial charge in [-0.05, 0) is 36.1 Å². The Bertz CT molecular complexity index is 1150.